The smallest absolute Gasteiger partial charge is 0.548 e. The van der Waals surface area contributed by atoms with Gasteiger partial charge >= 0.3 is 59.1 Å². The molecule has 0 aliphatic carbocycles. The Bertz CT molecular complexity index is 1440. The summed E-state index contributed by atoms with van der Waals surface area (Å²) in [5.41, 5.74) is -0.0134. The molecule has 0 bridgehead atoms. The van der Waals surface area contributed by atoms with E-state index in [1.165, 1.54) is 35.7 Å². The van der Waals surface area contributed by atoms with Crippen molar-refractivity contribution in [3.63, 3.8) is 0 Å². The number of carboxylic acid groups (broad SMARTS) is 2. The zero-order valence-electron chi connectivity index (χ0n) is 22.7. The fraction of sp³-hybridized carbons (Fsp3) is 0.259. The molecule has 1 N–H and O–H groups in total. The van der Waals surface area contributed by atoms with Gasteiger partial charge in [-0.05, 0) is 37.1 Å². The topological polar surface area (TPSA) is 167 Å². The van der Waals surface area contributed by atoms with Crippen molar-refractivity contribution < 1.29 is 98.1 Å². The minimum Gasteiger partial charge on any atom is -0.548 e. The quantitative estimate of drug-likeness (QED) is 0.152. The molecule has 2 aromatic rings. The van der Waals surface area contributed by atoms with Crippen LogP contribution in [-0.2, 0) is 19.2 Å². The summed E-state index contributed by atoms with van der Waals surface area (Å²) in [6.07, 6.45) is -0.420. The number of imide groups is 1. The number of carboxylic acids is 2. The Balaban J connectivity index is 0.00000242. The van der Waals surface area contributed by atoms with Crippen molar-refractivity contribution in [3.8, 4) is 0 Å². The van der Waals surface area contributed by atoms with Gasteiger partial charge in [0, 0.05) is 22.0 Å². The van der Waals surface area contributed by atoms with E-state index in [-0.39, 0.29) is 95.2 Å². The largest absolute Gasteiger partial charge is 1.00 e. The number of amides is 4. The Kier molecular flexibility index (Phi) is 11.9. The number of rotatable bonds is 10. The third kappa shape index (κ3) is 6.68. The van der Waals surface area contributed by atoms with Crippen LogP contribution in [0.5, 0.6) is 0 Å². The first-order valence-corrected chi connectivity index (χ1v) is 14.1. The van der Waals surface area contributed by atoms with Gasteiger partial charge in [-0.15, -0.1) is 11.8 Å². The maximum absolute atomic E-state index is 12.9. The molecule has 206 valence electrons. The van der Waals surface area contributed by atoms with E-state index >= 15 is 0 Å². The van der Waals surface area contributed by atoms with Gasteiger partial charge in [0.1, 0.15) is 11.4 Å². The number of carbonyl (C=O) groups excluding carboxylic acids is 6. The molecule has 11 nitrogen and oxygen atoms in total. The summed E-state index contributed by atoms with van der Waals surface area (Å²) in [6.45, 7) is 0. The van der Waals surface area contributed by atoms with Crippen LogP contribution in [0.15, 0.2) is 70.1 Å². The van der Waals surface area contributed by atoms with E-state index in [1.54, 1.807) is 12.1 Å². The van der Waals surface area contributed by atoms with E-state index in [9.17, 15) is 39.0 Å². The molecular formula is C27H21N3Na2O8S2. The number of aliphatic carboxylic acids is 2. The van der Waals surface area contributed by atoms with Crippen molar-refractivity contribution in [3.05, 3.63) is 76.3 Å². The summed E-state index contributed by atoms with van der Waals surface area (Å²) in [4.78, 5) is 77.5. The van der Waals surface area contributed by atoms with Crippen LogP contribution in [0.4, 0.5) is 0 Å². The SMILES string of the molecule is O=C(CCCC(C(=O)[O-])N1C(=O)c2ccccc2C1=O)N[C@H]1C(=O)N2C(C(=O)[O-])=C(Sc3ccccc3)CS[C@@H]12.[Na+].[Na+]. The van der Waals surface area contributed by atoms with Crippen LogP contribution in [0.2, 0.25) is 0 Å². The van der Waals surface area contributed by atoms with Crippen LogP contribution in [0.3, 0.4) is 0 Å². The van der Waals surface area contributed by atoms with Crippen LogP contribution in [0, 0.1) is 0 Å². The number of hydrogen-bond donors (Lipinski definition) is 1. The molecular weight excluding hydrogens is 604 g/mol. The van der Waals surface area contributed by atoms with E-state index in [1.807, 2.05) is 30.3 Å². The van der Waals surface area contributed by atoms with Crippen LogP contribution in [0.25, 0.3) is 0 Å². The van der Waals surface area contributed by atoms with Gasteiger partial charge < -0.3 is 25.1 Å². The molecule has 3 aliphatic heterocycles. The predicted molar refractivity (Wildman–Crippen MR) is 139 cm³/mol. The molecule has 3 atom stereocenters. The molecule has 1 fully saturated rings. The van der Waals surface area contributed by atoms with Crippen LogP contribution >= 0.6 is 23.5 Å². The van der Waals surface area contributed by atoms with Gasteiger partial charge in [-0.25, -0.2) is 0 Å². The number of carbonyl (C=O) groups is 6. The van der Waals surface area contributed by atoms with Crippen LogP contribution < -0.4 is 74.6 Å². The van der Waals surface area contributed by atoms with E-state index in [4.69, 9.17) is 0 Å². The summed E-state index contributed by atoms with van der Waals surface area (Å²) in [7, 11) is 0. The Morgan fingerprint density at radius 1 is 0.952 bits per heavy atom. The van der Waals surface area contributed by atoms with E-state index in [0.717, 1.165) is 9.80 Å². The van der Waals surface area contributed by atoms with Crippen molar-refractivity contribution in [2.45, 2.75) is 41.6 Å². The molecule has 1 saturated heterocycles. The Morgan fingerprint density at radius 2 is 1.55 bits per heavy atom. The number of fused-ring (bicyclic) bond motifs is 2. The van der Waals surface area contributed by atoms with Gasteiger partial charge in [0.15, 0.2) is 0 Å². The van der Waals surface area contributed by atoms with Crippen molar-refractivity contribution >= 4 is 59.1 Å². The number of nitrogens with zero attached hydrogens (tertiary/aromatic N) is 2. The molecule has 1 unspecified atom stereocenters. The Labute approximate surface area is 293 Å². The number of nitrogens with one attached hydrogen (secondary N) is 1. The molecule has 0 aromatic heterocycles. The second kappa shape index (κ2) is 14.6. The van der Waals surface area contributed by atoms with Crippen molar-refractivity contribution in [1.29, 1.82) is 0 Å². The molecule has 4 amide bonds. The minimum absolute atomic E-state index is 0. The first kappa shape index (κ1) is 34.4. The zero-order chi connectivity index (χ0) is 28.6. The molecule has 0 spiro atoms. The monoisotopic (exact) mass is 625 g/mol. The molecule has 0 radical (unpaired) electrons. The van der Waals surface area contributed by atoms with Crippen molar-refractivity contribution in [2.75, 3.05) is 5.75 Å². The van der Waals surface area contributed by atoms with Gasteiger partial charge in [-0.3, -0.25) is 29.0 Å². The van der Waals surface area contributed by atoms with E-state index in [0.29, 0.717) is 15.6 Å². The first-order chi connectivity index (χ1) is 19.2. The Morgan fingerprint density at radius 3 is 2.12 bits per heavy atom. The van der Waals surface area contributed by atoms with E-state index < -0.39 is 53.0 Å². The van der Waals surface area contributed by atoms with Gasteiger partial charge in [0.25, 0.3) is 17.7 Å². The predicted octanol–water partition coefficient (Wildman–Crippen LogP) is -6.27. The van der Waals surface area contributed by atoms with Gasteiger partial charge in [-0.1, -0.05) is 42.1 Å². The fourth-order valence-electron chi connectivity index (χ4n) is 4.83. The fourth-order valence-corrected chi connectivity index (χ4v) is 7.32. The average molecular weight is 626 g/mol. The number of benzene rings is 2. The maximum atomic E-state index is 12.9. The third-order valence-electron chi connectivity index (χ3n) is 6.72. The van der Waals surface area contributed by atoms with Crippen LogP contribution in [0.1, 0.15) is 40.0 Å². The molecule has 3 aliphatic rings. The minimum atomic E-state index is -1.62. The average Bonchev–Trinajstić information content (AvgIpc) is 3.19. The number of β-lactam (4-membered cyclic amide) rings is 1. The van der Waals surface area contributed by atoms with Gasteiger partial charge in [0.05, 0.1) is 34.8 Å². The molecule has 2 aromatic carbocycles. The standard InChI is InChI=1S/C27H23N3O8S2.2Na/c31-19(12-6-11-17(26(35)36)29-22(32)15-9-4-5-10-16(15)23(29)33)28-20-24(34)30-21(27(37)38)18(13-39-25(20)30)40-14-7-2-1-3-8-14;;/h1-5,7-10,17,20,25H,6,11-13H2,(H,28,31)(H,35,36)(H,37,38);;/q;2*+1/p-2/t17?,20-,25-;;/m0../s1. The first-order valence-electron chi connectivity index (χ1n) is 12.3. The molecule has 3 heterocycles. The summed E-state index contributed by atoms with van der Waals surface area (Å²) in [5.74, 6) is -5.42. The summed E-state index contributed by atoms with van der Waals surface area (Å²) in [5, 5.41) is 25.7. The number of hydrogen-bond acceptors (Lipinski definition) is 10. The van der Waals surface area contributed by atoms with Crippen molar-refractivity contribution in [1.82, 2.24) is 15.1 Å². The summed E-state index contributed by atoms with van der Waals surface area (Å²) in [6, 6.07) is 12.6. The molecule has 42 heavy (non-hydrogen) atoms. The maximum Gasteiger partial charge on any atom is 1.00 e. The summed E-state index contributed by atoms with van der Waals surface area (Å²) >= 11 is 2.54. The third-order valence-corrected chi connectivity index (χ3v) is 9.27. The second-order valence-corrected chi connectivity index (χ2v) is 11.5. The van der Waals surface area contributed by atoms with Crippen LogP contribution in [-0.4, -0.2) is 68.6 Å². The molecule has 15 heteroatoms. The van der Waals surface area contributed by atoms with Gasteiger partial charge in [0.2, 0.25) is 5.91 Å². The Hall–Kier alpha value is -2.10. The molecule has 0 saturated carbocycles. The van der Waals surface area contributed by atoms with Crippen molar-refractivity contribution in [2.24, 2.45) is 0 Å². The van der Waals surface area contributed by atoms with Gasteiger partial charge in [-0.2, -0.15) is 0 Å². The number of thioether (sulfide) groups is 2. The normalized spacial score (nSPS) is 19.6. The second-order valence-electron chi connectivity index (χ2n) is 9.18. The zero-order valence-corrected chi connectivity index (χ0v) is 28.4. The van der Waals surface area contributed by atoms with E-state index in [2.05, 4.69) is 5.32 Å². The molecule has 5 rings (SSSR count). The summed E-state index contributed by atoms with van der Waals surface area (Å²) < 4.78 is 0.